The Morgan fingerprint density at radius 2 is 2.10 bits per heavy atom. The summed E-state index contributed by atoms with van der Waals surface area (Å²) in [4.78, 5) is 29.4. The molecule has 9 nitrogen and oxygen atoms in total. The Labute approximate surface area is 181 Å². The second-order valence-electron chi connectivity index (χ2n) is 8.32. The van der Waals surface area contributed by atoms with Crippen LogP contribution in [0.2, 0.25) is 0 Å². The lowest BCUT2D eigenvalue weighted by molar-refractivity contribution is -0.122. The van der Waals surface area contributed by atoms with Crippen molar-refractivity contribution in [1.29, 1.82) is 0 Å². The lowest BCUT2D eigenvalue weighted by Crippen LogP contribution is -2.27. The molecule has 4 heterocycles. The fourth-order valence-electron chi connectivity index (χ4n) is 4.25. The maximum absolute atomic E-state index is 12.8. The molecule has 0 aliphatic carbocycles. The van der Waals surface area contributed by atoms with Gasteiger partial charge in [0.15, 0.2) is 0 Å². The first-order chi connectivity index (χ1) is 14.9. The maximum atomic E-state index is 12.8. The molecule has 1 amide bonds. The molecular weight excluding hydrogens is 394 g/mol. The molecule has 164 valence electrons. The number of hydrogen-bond donors (Lipinski definition) is 1. The normalized spacial score (nSPS) is 16.0. The number of fused-ring (bicyclic) bond motifs is 1. The number of hydrogen-bond acceptors (Lipinski definition) is 5. The van der Waals surface area contributed by atoms with Crippen LogP contribution in [0.25, 0.3) is 0 Å². The number of carbonyl (C=O) groups is 1. The quantitative estimate of drug-likeness (QED) is 0.648. The van der Waals surface area contributed by atoms with Gasteiger partial charge in [0.05, 0.1) is 12.2 Å². The van der Waals surface area contributed by atoms with Crippen LogP contribution in [0.15, 0.2) is 29.3 Å². The van der Waals surface area contributed by atoms with E-state index < -0.39 is 0 Å². The molecule has 0 saturated heterocycles. The van der Waals surface area contributed by atoms with Crippen molar-refractivity contribution in [2.75, 3.05) is 0 Å². The average Bonchev–Trinajstić information content (AvgIpc) is 3.07. The van der Waals surface area contributed by atoms with Crippen molar-refractivity contribution in [2.45, 2.75) is 59.2 Å². The zero-order valence-corrected chi connectivity index (χ0v) is 18.3. The number of amides is 1. The minimum Gasteiger partial charge on any atom is -0.352 e. The van der Waals surface area contributed by atoms with Gasteiger partial charge >= 0.3 is 5.69 Å². The summed E-state index contributed by atoms with van der Waals surface area (Å²) in [5.74, 6) is 1.09. The Morgan fingerprint density at radius 3 is 2.81 bits per heavy atom. The van der Waals surface area contributed by atoms with Crippen LogP contribution < -0.4 is 11.0 Å². The summed E-state index contributed by atoms with van der Waals surface area (Å²) in [7, 11) is 1.91. The highest BCUT2D eigenvalue weighted by molar-refractivity contribution is 5.76. The number of pyridine rings is 1. The average molecular weight is 424 g/mol. The molecule has 1 N–H and O–H groups in total. The first-order valence-electron chi connectivity index (χ1n) is 10.7. The van der Waals surface area contributed by atoms with Gasteiger partial charge in [-0.1, -0.05) is 6.07 Å². The van der Waals surface area contributed by atoms with E-state index in [1.54, 1.807) is 17.0 Å². The second-order valence-corrected chi connectivity index (χ2v) is 8.32. The molecule has 1 aliphatic rings. The predicted octanol–water partition coefficient (Wildman–Crippen LogP) is 1.50. The summed E-state index contributed by atoms with van der Waals surface area (Å²) < 4.78 is 5.11. The van der Waals surface area contributed by atoms with Crippen LogP contribution >= 0.6 is 0 Å². The van der Waals surface area contributed by atoms with Gasteiger partial charge in [-0.05, 0) is 44.2 Å². The maximum Gasteiger partial charge on any atom is 0.346 e. The third-order valence-electron chi connectivity index (χ3n) is 6.19. The smallest absolute Gasteiger partial charge is 0.346 e. The van der Waals surface area contributed by atoms with Gasteiger partial charge in [-0.25, -0.2) is 9.48 Å². The number of aromatic nitrogens is 6. The highest BCUT2D eigenvalue weighted by atomic mass is 16.2. The highest BCUT2D eigenvalue weighted by Crippen LogP contribution is 2.21. The van der Waals surface area contributed by atoms with Crippen LogP contribution in [0.1, 0.15) is 47.6 Å². The van der Waals surface area contributed by atoms with Gasteiger partial charge in [-0.3, -0.25) is 19.0 Å². The summed E-state index contributed by atoms with van der Waals surface area (Å²) in [6.45, 7) is 5.49. The van der Waals surface area contributed by atoms with E-state index in [0.29, 0.717) is 32.5 Å². The number of nitrogens with one attached hydrogen (secondary N) is 1. The van der Waals surface area contributed by atoms with Gasteiger partial charge < -0.3 is 5.32 Å². The fourth-order valence-corrected chi connectivity index (χ4v) is 4.25. The van der Waals surface area contributed by atoms with E-state index in [1.807, 2.05) is 37.7 Å². The van der Waals surface area contributed by atoms with Crippen LogP contribution in [0.3, 0.4) is 0 Å². The Morgan fingerprint density at radius 1 is 1.26 bits per heavy atom. The minimum atomic E-state index is -0.0912. The lowest BCUT2D eigenvalue weighted by atomic mass is 9.96. The summed E-state index contributed by atoms with van der Waals surface area (Å²) in [5.41, 5.74) is 3.95. The van der Waals surface area contributed by atoms with Gasteiger partial charge in [0.25, 0.3) is 0 Å². The van der Waals surface area contributed by atoms with Crippen LogP contribution in [0.5, 0.6) is 0 Å². The van der Waals surface area contributed by atoms with Crippen LogP contribution in [-0.2, 0) is 37.9 Å². The van der Waals surface area contributed by atoms with Crippen molar-refractivity contribution >= 4 is 5.91 Å². The molecule has 0 saturated carbocycles. The third kappa shape index (κ3) is 4.60. The zero-order valence-electron chi connectivity index (χ0n) is 18.3. The Balaban J connectivity index is 1.33. The molecule has 3 aromatic rings. The minimum absolute atomic E-state index is 0.0428. The van der Waals surface area contributed by atoms with Crippen molar-refractivity contribution in [3.8, 4) is 0 Å². The largest absolute Gasteiger partial charge is 0.352 e. The van der Waals surface area contributed by atoms with E-state index in [-0.39, 0.29) is 17.5 Å². The predicted molar refractivity (Wildman–Crippen MR) is 115 cm³/mol. The fraction of sp³-hybridized carbons (Fsp3) is 0.500. The van der Waals surface area contributed by atoms with Crippen LogP contribution in [0.4, 0.5) is 0 Å². The second kappa shape index (κ2) is 8.87. The Kier molecular flexibility index (Phi) is 6.01. The first kappa shape index (κ1) is 21.0. The van der Waals surface area contributed by atoms with E-state index in [0.717, 1.165) is 41.2 Å². The molecule has 0 fully saturated rings. The molecule has 31 heavy (non-hydrogen) atoms. The lowest BCUT2D eigenvalue weighted by Gasteiger charge is -2.13. The van der Waals surface area contributed by atoms with Gasteiger partial charge in [0, 0.05) is 56.6 Å². The molecule has 4 rings (SSSR count). The van der Waals surface area contributed by atoms with E-state index in [4.69, 9.17) is 0 Å². The zero-order chi connectivity index (χ0) is 22.0. The van der Waals surface area contributed by atoms with Gasteiger partial charge in [-0.2, -0.15) is 10.2 Å². The van der Waals surface area contributed by atoms with Crippen molar-refractivity contribution in [3.63, 3.8) is 0 Å². The van der Waals surface area contributed by atoms with Crippen LogP contribution in [0, 0.1) is 19.8 Å². The van der Waals surface area contributed by atoms with E-state index >= 15 is 0 Å². The molecule has 1 aliphatic heterocycles. The van der Waals surface area contributed by atoms with Crippen molar-refractivity contribution < 1.29 is 4.79 Å². The monoisotopic (exact) mass is 423 g/mol. The van der Waals surface area contributed by atoms with Crippen LogP contribution in [-0.4, -0.2) is 35.0 Å². The van der Waals surface area contributed by atoms with Gasteiger partial charge in [0.2, 0.25) is 5.91 Å². The standard InChI is InChI=1S/C22H29N7O2/c1-15-19(16(2)27(3)25-15)13-24-21(30)11-17-6-7-20-26-29(22(31)28(20)10-8-17)14-18-5-4-9-23-12-18/h4-5,9,12,17H,6-8,10-11,13-14H2,1-3H3,(H,24,30). The molecule has 0 bridgehead atoms. The molecule has 0 radical (unpaired) electrons. The van der Waals surface area contributed by atoms with Gasteiger partial charge in [-0.15, -0.1) is 0 Å². The molecule has 9 heteroatoms. The topological polar surface area (TPSA) is 99.6 Å². The Bertz CT molecular complexity index is 1130. The van der Waals surface area contributed by atoms with E-state index in [1.165, 1.54) is 4.68 Å². The Hall–Kier alpha value is -3.23. The SMILES string of the molecule is Cc1nn(C)c(C)c1CNC(=O)CC1CCc2nn(Cc3cccnc3)c(=O)n2CC1. The van der Waals surface area contributed by atoms with Crippen molar-refractivity contribution in [1.82, 2.24) is 34.4 Å². The van der Waals surface area contributed by atoms with Crippen molar-refractivity contribution in [2.24, 2.45) is 13.0 Å². The van der Waals surface area contributed by atoms with Crippen molar-refractivity contribution in [3.05, 3.63) is 63.3 Å². The molecule has 0 aromatic carbocycles. The molecule has 1 unspecified atom stereocenters. The number of nitrogens with zero attached hydrogens (tertiary/aromatic N) is 6. The van der Waals surface area contributed by atoms with E-state index in [2.05, 4.69) is 20.5 Å². The summed E-state index contributed by atoms with van der Waals surface area (Å²) in [6, 6.07) is 3.79. The molecular formula is C22H29N7O2. The van der Waals surface area contributed by atoms with E-state index in [9.17, 15) is 9.59 Å². The number of aryl methyl sites for hydroxylation is 3. The molecule has 0 spiro atoms. The summed E-state index contributed by atoms with van der Waals surface area (Å²) >= 11 is 0. The third-order valence-corrected chi connectivity index (χ3v) is 6.19. The highest BCUT2D eigenvalue weighted by Gasteiger charge is 2.23. The number of rotatable bonds is 6. The van der Waals surface area contributed by atoms with Gasteiger partial charge in [0.1, 0.15) is 5.82 Å². The summed E-state index contributed by atoms with van der Waals surface area (Å²) in [5, 5.41) is 12.0. The molecule has 1 atom stereocenters. The summed E-state index contributed by atoms with van der Waals surface area (Å²) in [6.07, 6.45) is 6.27. The number of carbonyl (C=O) groups excluding carboxylic acids is 1. The molecule has 3 aromatic heterocycles. The first-order valence-corrected chi connectivity index (χ1v) is 10.7.